The standard InChI is InChI=1S/C12H12Cl2O/c13-11-6-3-9(7-12(11)14)8-1-4-10(15)5-2-8/h3,6-8H,1-2,4-5H2. The zero-order valence-electron chi connectivity index (χ0n) is 8.30. The number of hydrogen-bond acceptors (Lipinski definition) is 1. The van der Waals surface area contributed by atoms with Crippen LogP contribution in [0.4, 0.5) is 0 Å². The van der Waals surface area contributed by atoms with Gasteiger partial charge in [0.2, 0.25) is 0 Å². The normalized spacial score (nSPS) is 18.1. The highest BCUT2D eigenvalue weighted by Gasteiger charge is 2.20. The van der Waals surface area contributed by atoms with E-state index in [0.717, 1.165) is 12.8 Å². The fraction of sp³-hybridized carbons (Fsp3) is 0.417. The summed E-state index contributed by atoms with van der Waals surface area (Å²) in [6, 6.07) is 5.76. The van der Waals surface area contributed by atoms with E-state index in [1.165, 1.54) is 5.56 Å². The van der Waals surface area contributed by atoms with Crippen molar-refractivity contribution in [3.05, 3.63) is 33.8 Å². The Hall–Kier alpha value is -0.530. The maximum absolute atomic E-state index is 11.1. The smallest absolute Gasteiger partial charge is 0.132 e. The second-order valence-corrected chi connectivity index (χ2v) is 4.80. The van der Waals surface area contributed by atoms with Crippen LogP contribution in [-0.2, 0) is 4.79 Å². The zero-order valence-corrected chi connectivity index (χ0v) is 9.81. The lowest BCUT2D eigenvalue weighted by atomic mass is 9.83. The van der Waals surface area contributed by atoms with Gasteiger partial charge in [0.05, 0.1) is 10.0 Å². The molecule has 0 N–H and O–H groups in total. The van der Waals surface area contributed by atoms with Crippen LogP contribution >= 0.6 is 23.2 Å². The van der Waals surface area contributed by atoms with Crippen molar-refractivity contribution in [1.82, 2.24) is 0 Å². The van der Waals surface area contributed by atoms with Crippen LogP contribution in [0, 0.1) is 0 Å². The minimum Gasteiger partial charge on any atom is -0.300 e. The van der Waals surface area contributed by atoms with Crippen LogP contribution in [0.1, 0.15) is 37.2 Å². The summed E-state index contributed by atoms with van der Waals surface area (Å²) in [5.74, 6) is 0.851. The summed E-state index contributed by atoms with van der Waals surface area (Å²) in [6.45, 7) is 0. The first-order valence-electron chi connectivity index (χ1n) is 5.13. The number of carbonyl (C=O) groups is 1. The van der Waals surface area contributed by atoms with E-state index in [1.54, 1.807) is 0 Å². The molecular weight excluding hydrogens is 231 g/mol. The van der Waals surface area contributed by atoms with Gasteiger partial charge in [0, 0.05) is 12.8 Å². The number of carbonyl (C=O) groups excluding carboxylic acids is 1. The van der Waals surface area contributed by atoms with E-state index in [9.17, 15) is 4.79 Å². The van der Waals surface area contributed by atoms with Crippen molar-refractivity contribution in [2.75, 3.05) is 0 Å². The van der Waals surface area contributed by atoms with Crippen LogP contribution in [0.15, 0.2) is 18.2 Å². The summed E-state index contributed by atoms with van der Waals surface area (Å²) < 4.78 is 0. The topological polar surface area (TPSA) is 17.1 Å². The Morgan fingerprint density at radius 3 is 2.33 bits per heavy atom. The second-order valence-electron chi connectivity index (χ2n) is 3.99. The highest BCUT2D eigenvalue weighted by Crippen LogP contribution is 2.34. The second kappa shape index (κ2) is 4.54. The molecule has 0 atom stereocenters. The van der Waals surface area contributed by atoms with Gasteiger partial charge in [0.15, 0.2) is 0 Å². The largest absolute Gasteiger partial charge is 0.300 e. The minimum atomic E-state index is 0.381. The Morgan fingerprint density at radius 1 is 1.07 bits per heavy atom. The Bertz CT molecular complexity index is 377. The molecule has 2 rings (SSSR count). The van der Waals surface area contributed by atoms with Crippen molar-refractivity contribution in [3.8, 4) is 0 Å². The number of halogens is 2. The van der Waals surface area contributed by atoms with Crippen molar-refractivity contribution >= 4 is 29.0 Å². The van der Waals surface area contributed by atoms with E-state index in [4.69, 9.17) is 23.2 Å². The van der Waals surface area contributed by atoms with Gasteiger partial charge in [-0.2, -0.15) is 0 Å². The third-order valence-electron chi connectivity index (χ3n) is 2.96. The van der Waals surface area contributed by atoms with E-state index in [2.05, 4.69) is 0 Å². The first-order chi connectivity index (χ1) is 7.16. The van der Waals surface area contributed by atoms with Crippen molar-refractivity contribution in [2.45, 2.75) is 31.6 Å². The maximum Gasteiger partial charge on any atom is 0.132 e. The third kappa shape index (κ3) is 2.53. The molecule has 80 valence electrons. The average molecular weight is 243 g/mol. The molecule has 0 saturated heterocycles. The monoisotopic (exact) mass is 242 g/mol. The van der Waals surface area contributed by atoms with E-state index in [1.807, 2.05) is 18.2 Å². The fourth-order valence-electron chi connectivity index (χ4n) is 2.04. The Kier molecular flexibility index (Phi) is 3.32. The molecule has 0 radical (unpaired) electrons. The number of hydrogen-bond donors (Lipinski definition) is 0. The van der Waals surface area contributed by atoms with Crippen LogP contribution < -0.4 is 0 Å². The highest BCUT2D eigenvalue weighted by atomic mass is 35.5. The van der Waals surface area contributed by atoms with Gasteiger partial charge in [0.1, 0.15) is 5.78 Å². The molecule has 0 aliphatic heterocycles. The van der Waals surface area contributed by atoms with Gasteiger partial charge in [-0.3, -0.25) is 4.79 Å². The van der Waals surface area contributed by atoms with Gasteiger partial charge in [-0.1, -0.05) is 29.3 Å². The van der Waals surface area contributed by atoms with Gasteiger partial charge < -0.3 is 0 Å². The third-order valence-corrected chi connectivity index (χ3v) is 3.70. The average Bonchev–Trinajstić information content (AvgIpc) is 2.23. The quantitative estimate of drug-likeness (QED) is 0.721. The molecule has 0 unspecified atom stereocenters. The maximum atomic E-state index is 11.1. The molecular formula is C12H12Cl2O. The van der Waals surface area contributed by atoms with E-state index in [-0.39, 0.29) is 0 Å². The Labute approximate surface area is 99.4 Å². The molecule has 1 aromatic carbocycles. The van der Waals surface area contributed by atoms with E-state index >= 15 is 0 Å². The number of Topliss-reactive ketones (excluding diaryl/α,β-unsaturated/α-hetero) is 1. The molecule has 1 aliphatic carbocycles. The molecule has 0 aromatic heterocycles. The summed E-state index contributed by atoms with van der Waals surface area (Å²) in [7, 11) is 0. The molecule has 1 fully saturated rings. The predicted octanol–water partition coefficient (Wildman–Crippen LogP) is 4.22. The summed E-state index contributed by atoms with van der Waals surface area (Å²) in [6.07, 6.45) is 3.28. The number of ketones is 1. The molecule has 1 nitrogen and oxygen atoms in total. The summed E-state index contributed by atoms with van der Waals surface area (Å²) in [5, 5.41) is 1.19. The van der Waals surface area contributed by atoms with Crippen LogP contribution in [0.5, 0.6) is 0 Å². The van der Waals surface area contributed by atoms with E-state index in [0.29, 0.717) is 34.6 Å². The first-order valence-corrected chi connectivity index (χ1v) is 5.89. The number of rotatable bonds is 1. The highest BCUT2D eigenvalue weighted by molar-refractivity contribution is 6.42. The molecule has 1 aliphatic rings. The van der Waals surface area contributed by atoms with Crippen molar-refractivity contribution in [2.24, 2.45) is 0 Å². The Balaban J connectivity index is 2.16. The van der Waals surface area contributed by atoms with Gasteiger partial charge in [-0.15, -0.1) is 0 Å². The summed E-state index contributed by atoms with van der Waals surface area (Å²) >= 11 is 11.8. The summed E-state index contributed by atoms with van der Waals surface area (Å²) in [4.78, 5) is 11.1. The lowest BCUT2D eigenvalue weighted by molar-refractivity contribution is -0.120. The van der Waals surface area contributed by atoms with Crippen LogP contribution in [-0.4, -0.2) is 5.78 Å². The van der Waals surface area contributed by atoms with Gasteiger partial charge in [0.25, 0.3) is 0 Å². The minimum absolute atomic E-state index is 0.381. The lowest BCUT2D eigenvalue weighted by Gasteiger charge is -2.21. The first kappa shape index (κ1) is 11.0. The predicted molar refractivity (Wildman–Crippen MR) is 62.7 cm³/mol. The van der Waals surface area contributed by atoms with Crippen LogP contribution in [0.3, 0.4) is 0 Å². The number of benzene rings is 1. The molecule has 0 heterocycles. The van der Waals surface area contributed by atoms with Gasteiger partial charge >= 0.3 is 0 Å². The molecule has 0 spiro atoms. The molecule has 0 amide bonds. The lowest BCUT2D eigenvalue weighted by Crippen LogP contribution is -2.12. The SMILES string of the molecule is O=C1CCC(c2ccc(Cl)c(Cl)c2)CC1. The fourth-order valence-corrected chi connectivity index (χ4v) is 2.35. The zero-order chi connectivity index (χ0) is 10.8. The Morgan fingerprint density at radius 2 is 1.73 bits per heavy atom. The molecule has 1 saturated carbocycles. The van der Waals surface area contributed by atoms with Gasteiger partial charge in [-0.05, 0) is 36.5 Å². The van der Waals surface area contributed by atoms with Crippen LogP contribution in [0.2, 0.25) is 10.0 Å². The molecule has 15 heavy (non-hydrogen) atoms. The molecule has 0 bridgehead atoms. The molecule has 3 heteroatoms. The van der Waals surface area contributed by atoms with E-state index < -0.39 is 0 Å². The van der Waals surface area contributed by atoms with Gasteiger partial charge in [-0.25, -0.2) is 0 Å². The molecule has 1 aromatic rings. The van der Waals surface area contributed by atoms with Crippen molar-refractivity contribution < 1.29 is 4.79 Å². The van der Waals surface area contributed by atoms with Crippen molar-refractivity contribution in [3.63, 3.8) is 0 Å². The summed E-state index contributed by atoms with van der Waals surface area (Å²) in [5.41, 5.74) is 1.21. The van der Waals surface area contributed by atoms with Crippen LogP contribution in [0.25, 0.3) is 0 Å². The van der Waals surface area contributed by atoms with Crippen molar-refractivity contribution in [1.29, 1.82) is 0 Å².